The molecule has 0 atom stereocenters. The third kappa shape index (κ3) is 5.49. The monoisotopic (exact) mass is 409 g/mol. The molecule has 0 aliphatic heterocycles. The number of anilines is 1. The number of amides is 1. The lowest BCUT2D eigenvalue weighted by molar-refractivity contribution is -0.274. The summed E-state index contributed by atoms with van der Waals surface area (Å²) in [6.45, 7) is 1.92. The molecule has 0 aliphatic rings. The molecular formula is C18H14F3N3O3S. The molecular weight excluding hydrogens is 395 g/mol. The molecule has 0 saturated heterocycles. The Kier molecular flexibility index (Phi) is 5.88. The first-order valence-corrected chi connectivity index (χ1v) is 8.97. The molecule has 6 nitrogen and oxygen atoms in total. The molecule has 3 rings (SSSR count). The van der Waals surface area contributed by atoms with Crippen molar-refractivity contribution in [3.05, 3.63) is 54.1 Å². The second-order valence-corrected chi connectivity index (χ2v) is 6.52. The molecule has 1 heterocycles. The van der Waals surface area contributed by atoms with Gasteiger partial charge < -0.3 is 14.5 Å². The largest absolute Gasteiger partial charge is 0.573 e. The number of thioether (sulfide) groups is 1. The van der Waals surface area contributed by atoms with Gasteiger partial charge in [-0.15, -0.1) is 23.4 Å². The van der Waals surface area contributed by atoms with Gasteiger partial charge in [0.05, 0.1) is 5.75 Å². The molecule has 1 amide bonds. The van der Waals surface area contributed by atoms with Crippen LogP contribution in [-0.2, 0) is 4.79 Å². The molecule has 0 radical (unpaired) electrons. The lowest BCUT2D eigenvalue weighted by Crippen LogP contribution is -2.17. The fraction of sp³-hybridized carbons (Fsp3) is 0.167. The van der Waals surface area contributed by atoms with Crippen LogP contribution in [0.2, 0.25) is 0 Å². The summed E-state index contributed by atoms with van der Waals surface area (Å²) in [5.41, 5.74) is 2.14. The van der Waals surface area contributed by atoms with Crippen LogP contribution in [0, 0.1) is 6.92 Å². The molecule has 2 aromatic carbocycles. The van der Waals surface area contributed by atoms with Gasteiger partial charge in [-0.3, -0.25) is 4.79 Å². The van der Waals surface area contributed by atoms with Crippen molar-refractivity contribution in [2.24, 2.45) is 0 Å². The fourth-order valence-electron chi connectivity index (χ4n) is 2.25. The van der Waals surface area contributed by atoms with Gasteiger partial charge in [-0.25, -0.2) is 0 Å². The first-order valence-electron chi connectivity index (χ1n) is 7.98. The number of carbonyl (C=O) groups is 1. The number of alkyl halides is 3. The lowest BCUT2D eigenvalue weighted by atomic mass is 10.1. The van der Waals surface area contributed by atoms with Gasteiger partial charge in [0.2, 0.25) is 11.8 Å². The predicted molar refractivity (Wildman–Crippen MR) is 96.9 cm³/mol. The Morgan fingerprint density at radius 2 is 1.86 bits per heavy atom. The van der Waals surface area contributed by atoms with Crippen molar-refractivity contribution in [1.82, 2.24) is 10.2 Å². The van der Waals surface area contributed by atoms with Gasteiger partial charge in [-0.05, 0) is 42.8 Å². The van der Waals surface area contributed by atoms with E-state index in [2.05, 4.69) is 20.3 Å². The average molecular weight is 409 g/mol. The Bertz CT molecular complexity index is 958. The van der Waals surface area contributed by atoms with Crippen molar-refractivity contribution in [3.63, 3.8) is 0 Å². The number of ether oxygens (including phenoxy) is 1. The van der Waals surface area contributed by atoms with E-state index in [1.165, 1.54) is 12.1 Å². The zero-order valence-electron chi connectivity index (χ0n) is 14.5. The van der Waals surface area contributed by atoms with Crippen molar-refractivity contribution in [2.45, 2.75) is 18.5 Å². The molecule has 0 aliphatic carbocycles. The molecule has 0 saturated carbocycles. The number of benzene rings is 2. The maximum atomic E-state index is 12.1. The lowest BCUT2D eigenvalue weighted by Gasteiger charge is -2.09. The van der Waals surface area contributed by atoms with Crippen molar-refractivity contribution in [1.29, 1.82) is 0 Å². The summed E-state index contributed by atoms with van der Waals surface area (Å²) >= 11 is 1.05. The maximum Gasteiger partial charge on any atom is 0.573 e. The summed E-state index contributed by atoms with van der Waals surface area (Å²) in [5, 5.41) is 10.7. The number of halogens is 3. The fourth-order valence-corrected chi connectivity index (χ4v) is 2.82. The highest BCUT2D eigenvalue weighted by Gasteiger charge is 2.30. The van der Waals surface area contributed by atoms with Crippen LogP contribution in [0.3, 0.4) is 0 Å². The van der Waals surface area contributed by atoms with Crippen molar-refractivity contribution < 1.29 is 27.1 Å². The van der Waals surface area contributed by atoms with E-state index in [0.717, 1.165) is 35.0 Å². The molecule has 28 heavy (non-hydrogen) atoms. The van der Waals surface area contributed by atoms with E-state index in [1.807, 2.05) is 31.2 Å². The minimum absolute atomic E-state index is 0.00376. The smallest absolute Gasteiger partial charge is 0.411 e. The Balaban J connectivity index is 1.53. The van der Waals surface area contributed by atoms with Gasteiger partial charge in [-0.1, -0.05) is 30.0 Å². The Morgan fingerprint density at radius 3 is 2.54 bits per heavy atom. The number of aryl methyl sites for hydroxylation is 1. The topological polar surface area (TPSA) is 77.2 Å². The van der Waals surface area contributed by atoms with Crippen molar-refractivity contribution in [3.8, 4) is 17.2 Å². The highest BCUT2D eigenvalue weighted by atomic mass is 32.2. The van der Waals surface area contributed by atoms with E-state index in [0.29, 0.717) is 11.6 Å². The summed E-state index contributed by atoms with van der Waals surface area (Å²) in [4.78, 5) is 12.0. The molecule has 0 fully saturated rings. The van der Waals surface area contributed by atoms with Gasteiger partial charge in [0, 0.05) is 11.3 Å². The Morgan fingerprint density at radius 1 is 1.14 bits per heavy atom. The van der Waals surface area contributed by atoms with Crippen LogP contribution in [0.5, 0.6) is 5.75 Å². The minimum atomic E-state index is -4.76. The molecule has 146 valence electrons. The van der Waals surface area contributed by atoms with Crippen LogP contribution in [0.4, 0.5) is 18.9 Å². The number of aromatic nitrogens is 2. The van der Waals surface area contributed by atoms with Gasteiger partial charge in [0.25, 0.3) is 5.22 Å². The van der Waals surface area contributed by atoms with Gasteiger partial charge in [0.15, 0.2) is 0 Å². The van der Waals surface area contributed by atoms with Crippen molar-refractivity contribution in [2.75, 3.05) is 11.1 Å². The van der Waals surface area contributed by atoms with E-state index in [4.69, 9.17) is 4.42 Å². The van der Waals surface area contributed by atoms with Crippen LogP contribution in [0.25, 0.3) is 11.5 Å². The Labute approximate surface area is 162 Å². The highest BCUT2D eigenvalue weighted by Crippen LogP contribution is 2.26. The quantitative estimate of drug-likeness (QED) is 0.596. The molecule has 1 N–H and O–H groups in total. The van der Waals surface area contributed by atoms with E-state index in [9.17, 15) is 18.0 Å². The Hall–Kier alpha value is -3.01. The summed E-state index contributed by atoms with van der Waals surface area (Å²) in [6, 6.07) is 12.4. The SMILES string of the molecule is Cc1ccccc1-c1nnc(SCC(=O)Nc2ccc(OC(F)(F)F)cc2)o1. The van der Waals surface area contributed by atoms with Crippen LogP contribution in [0.1, 0.15) is 5.56 Å². The first-order chi connectivity index (χ1) is 13.3. The zero-order valence-corrected chi connectivity index (χ0v) is 15.3. The van der Waals surface area contributed by atoms with Crippen molar-refractivity contribution >= 4 is 23.4 Å². The molecule has 0 bridgehead atoms. The summed E-state index contributed by atoms with van der Waals surface area (Å²) in [6.07, 6.45) is -4.76. The van der Waals surface area contributed by atoms with Crippen LogP contribution < -0.4 is 10.1 Å². The van der Waals surface area contributed by atoms with Crippen LogP contribution >= 0.6 is 11.8 Å². The number of hydrogen-bond acceptors (Lipinski definition) is 6. The minimum Gasteiger partial charge on any atom is -0.411 e. The standard InChI is InChI=1S/C18H14F3N3O3S/c1-11-4-2-3-5-14(11)16-23-24-17(26-16)28-10-15(25)22-12-6-8-13(9-7-12)27-18(19,20)21/h2-9H,10H2,1H3,(H,22,25). The number of nitrogens with zero attached hydrogens (tertiary/aromatic N) is 2. The first kappa shape index (κ1) is 19.7. The number of nitrogens with one attached hydrogen (secondary N) is 1. The van der Waals surface area contributed by atoms with Crippen LogP contribution in [-0.4, -0.2) is 28.2 Å². The maximum absolute atomic E-state index is 12.1. The number of carbonyl (C=O) groups excluding carboxylic acids is 1. The van der Waals surface area contributed by atoms with Gasteiger partial charge in [-0.2, -0.15) is 0 Å². The average Bonchev–Trinajstić information content (AvgIpc) is 3.10. The number of rotatable bonds is 6. The summed E-state index contributed by atoms with van der Waals surface area (Å²) in [5.74, 6) is -0.378. The third-order valence-corrected chi connectivity index (χ3v) is 4.30. The van der Waals surface area contributed by atoms with E-state index >= 15 is 0 Å². The predicted octanol–water partition coefficient (Wildman–Crippen LogP) is 4.67. The van der Waals surface area contributed by atoms with E-state index in [1.54, 1.807) is 0 Å². The summed E-state index contributed by atoms with van der Waals surface area (Å²) in [7, 11) is 0. The van der Waals surface area contributed by atoms with E-state index in [-0.39, 0.29) is 22.6 Å². The zero-order chi connectivity index (χ0) is 20.1. The highest BCUT2D eigenvalue weighted by molar-refractivity contribution is 7.99. The van der Waals surface area contributed by atoms with Gasteiger partial charge >= 0.3 is 6.36 Å². The van der Waals surface area contributed by atoms with Gasteiger partial charge in [0.1, 0.15) is 5.75 Å². The van der Waals surface area contributed by atoms with Crippen LogP contribution in [0.15, 0.2) is 58.2 Å². The third-order valence-electron chi connectivity index (χ3n) is 3.48. The van der Waals surface area contributed by atoms with E-state index < -0.39 is 6.36 Å². The number of hydrogen-bond donors (Lipinski definition) is 1. The normalized spacial score (nSPS) is 11.3. The molecule has 0 unspecified atom stereocenters. The molecule has 0 spiro atoms. The second-order valence-electron chi connectivity index (χ2n) is 5.60. The molecule has 10 heteroatoms. The second kappa shape index (κ2) is 8.34. The summed E-state index contributed by atoms with van der Waals surface area (Å²) < 4.78 is 45.7. The molecule has 1 aromatic heterocycles. The molecule has 3 aromatic rings.